The summed E-state index contributed by atoms with van der Waals surface area (Å²) in [7, 11) is 1.62. The molecule has 0 saturated carbocycles. The highest BCUT2D eigenvalue weighted by Crippen LogP contribution is 2.29. The van der Waals surface area contributed by atoms with Crippen LogP contribution in [0.15, 0.2) is 59.4 Å². The molecule has 0 aliphatic heterocycles. The van der Waals surface area contributed by atoms with E-state index in [9.17, 15) is 4.79 Å². The molecule has 2 heterocycles. The van der Waals surface area contributed by atoms with Gasteiger partial charge in [0.15, 0.2) is 5.82 Å². The maximum atomic E-state index is 12.7. The van der Waals surface area contributed by atoms with Crippen LogP contribution in [0.5, 0.6) is 0 Å². The van der Waals surface area contributed by atoms with Crippen LogP contribution in [0.1, 0.15) is 18.9 Å². The molecule has 0 spiro atoms. The molecule has 1 amide bonds. The highest BCUT2D eigenvalue weighted by atomic mass is 32.1. The van der Waals surface area contributed by atoms with Crippen molar-refractivity contribution >= 4 is 34.0 Å². The maximum absolute atomic E-state index is 12.7. The number of H-pyrrole nitrogens is 1. The lowest BCUT2D eigenvalue weighted by Gasteiger charge is -2.28. The quantitative estimate of drug-likeness (QED) is 0.503. The number of rotatable bonds is 6. The number of amides is 1. The van der Waals surface area contributed by atoms with Crippen LogP contribution >= 0.6 is 11.3 Å². The van der Waals surface area contributed by atoms with Gasteiger partial charge in [0.1, 0.15) is 5.69 Å². The zero-order valence-electron chi connectivity index (χ0n) is 15.6. The number of nitrogens with one attached hydrogen (secondary N) is 2. The summed E-state index contributed by atoms with van der Waals surface area (Å²) in [6.45, 7) is 1.92. The molecule has 0 bridgehead atoms. The molecule has 0 aliphatic rings. The molecule has 2 aromatic carbocycles. The lowest BCUT2D eigenvalue weighted by Crippen LogP contribution is -2.30. The summed E-state index contributed by atoms with van der Waals surface area (Å²) < 4.78 is 5.66. The summed E-state index contributed by atoms with van der Waals surface area (Å²) >= 11 is 1.52. The van der Waals surface area contributed by atoms with Gasteiger partial charge in [0.2, 0.25) is 5.91 Å². The Bertz CT molecular complexity index is 1090. The number of aromatic amines is 1. The zero-order chi connectivity index (χ0) is 19.6. The van der Waals surface area contributed by atoms with E-state index in [4.69, 9.17) is 4.74 Å². The molecule has 142 valence electrons. The molecule has 1 unspecified atom stereocenters. The standard InChI is InChI=1S/C21H20N4O2S/c1-21(27-2,14-6-4-3-5-7-14)11-19(26)23-15-8-9-16-17(10-15)25-20(24-16)18-12-28-13-22-18/h3-10,12-13H,11H2,1-2H3,(H,23,26)(H,24,25). The molecular weight excluding hydrogens is 372 g/mol. The fourth-order valence-electron chi connectivity index (χ4n) is 3.13. The summed E-state index contributed by atoms with van der Waals surface area (Å²) in [5.74, 6) is 0.600. The number of carbonyl (C=O) groups is 1. The van der Waals surface area contributed by atoms with Gasteiger partial charge in [-0.15, -0.1) is 11.3 Å². The molecule has 0 saturated heterocycles. The first-order valence-corrected chi connectivity index (χ1v) is 9.80. The maximum Gasteiger partial charge on any atom is 0.227 e. The van der Waals surface area contributed by atoms with Crippen LogP contribution < -0.4 is 5.32 Å². The lowest BCUT2D eigenvalue weighted by molar-refractivity contribution is -0.122. The molecule has 2 aromatic heterocycles. The van der Waals surface area contributed by atoms with Gasteiger partial charge in [0, 0.05) is 18.2 Å². The molecule has 2 N–H and O–H groups in total. The Morgan fingerprint density at radius 2 is 2.07 bits per heavy atom. The first-order chi connectivity index (χ1) is 13.6. The number of hydrogen-bond acceptors (Lipinski definition) is 5. The van der Waals surface area contributed by atoms with E-state index < -0.39 is 5.60 Å². The largest absolute Gasteiger partial charge is 0.373 e. The third-order valence-electron chi connectivity index (χ3n) is 4.77. The second kappa shape index (κ2) is 7.53. The van der Waals surface area contributed by atoms with Crippen molar-refractivity contribution < 1.29 is 9.53 Å². The van der Waals surface area contributed by atoms with Crippen molar-refractivity contribution in [2.45, 2.75) is 18.9 Å². The van der Waals surface area contributed by atoms with E-state index in [0.29, 0.717) is 5.69 Å². The SMILES string of the molecule is COC(C)(CC(=O)Nc1ccc2nc(-c3cscn3)[nH]c2c1)c1ccccc1. The molecule has 7 heteroatoms. The molecule has 1 atom stereocenters. The van der Waals surface area contributed by atoms with Crippen molar-refractivity contribution in [2.24, 2.45) is 0 Å². The number of ether oxygens (including phenoxy) is 1. The third kappa shape index (κ3) is 3.67. The summed E-state index contributed by atoms with van der Waals surface area (Å²) in [5.41, 5.74) is 5.23. The number of hydrogen-bond donors (Lipinski definition) is 2. The molecule has 0 radical (unpaired) electrons. The van der Waals surface area contributed by atoms with E-state index in [0.717, 1.165) is 28.1 Å². The van der Waals surface area contributed by atoms with Gasteiger partial charge < -0.3 is 15.0 Å². The fraction of sp³-hybridized carbons (Fsp3) is 0.190. The number of fused-ring (bicyclic) bond motifs is 1. The second-order valence-electron chi connectivity index (χ2n) is 6.72. The van der Waals surface area contributed by atoms with Gasteiger partial charge in [-0.25, -0.2) is 9.97 Å². The minimum absolute atomic E-state index is 0.119. The molecule has 4 aromatic rings. The van der Waals surface area contributed by atoms with Crippen molar-refractivity contribution in [3.05, 3.63) is 65.0 Å². The second-order valence-corrected chi connectivity index (χ2v) is 7.44. The van der Waals surface area contributed by atoms with Gasteiger partial charge in [0.05, 0.1) is 28.6 Å². The number of nitrogens with zero attached hydrogens (tertiary/aromatic N) is 2. The van der Waals surface area contributed by atoms with E-state index >= 15 is 0 Å². The van der Waals surface area contributed by atoms with Crippen LogP contribution in [-0.4, -0.2) is 28.0 Å². The summed E-state index contributed by atoms with van der Waals surface area (Å²) in [6, 6.07) is 15.4. The topological polar surface area (TPSA) is 79.9 Å². The number of benzene rings is 2. The van der Waals surface area contributed by atoms with Crippen LogP contribution in [0.25, 0.3) is 22.6 Å². The smallest absolute Gasteiger partial charge is 0.227 e. The zero-order valence-corrected chi connectivity index (χ0v) is 16.4. The Hall–Kier alpha value is -3.03. The lowest BCUT2D eigenvalue weighted by atomic mass is 9.92. The summed E-state index contributed by atoms with van der Waals surface area (Å²) in [4.78, 5) is 24.7. The summed E-state index contributed by atoms with van der Waals surface area (Å²) in [5, 5.41) is 4.90. The van der Waals surface area contributed by atoms with Crippen LogP contribution in [-0.2, 0) is 15.1 Å². The molecule has 0 fully saturated rings. The van der Waals surface area contributed by atoms with E-state index in [-0.39, 0.29) is 12.3 Å². The molecule has 28 heavy (non-hydrogen) atoms. The van der Waals surface area contributed by atoms with Gasteiger partial charge in [0.25, 0.3) is 0 Å². The van der Waals surface area contributed by atoms with Crippen molar-refractivity contribution in [3.63, 3.8) is 0 Å². The minimum atomic E-state index is -0.693. The first-order valence-electron chi connectivity index (χ1n) is 8.86. The number of aromatic nitrogens is 3. The van der Waals surface area contributed by atoms with Crippen LogP contribution in [0, 0.1) is 0 Å². The minimum Gasteiger partial charge on any atom is -0.373 e. The first kappa shape index (κ1) is 18.3. The number of methoxy groups -OCH3 is 1. The number of anilines is 1. The van der Waals surface area contributed by atoms with E-state index in [1.807, 2.05) is 60.8 Å². The van der Waals surface area contributed by atoms with Crippen LogP contribution in [0.2, 0.25) is 0 Å². The Balaban J connectivity index is 1.52. The predicted octanol–water partition coefficient (Wildman–Crippen LogP) is 4.58. The molecule has 6 nitrogen and oxygen atoms in total. The van der Waals surface area contributed by atoms with Gasteiger partial charge in [-0.05, 0) is 30.7 Å². The fourth-order valence-corrected chi connectivity index (χ4v) is 3.67. The number of carbonyl (C=O) groups excluding carboxylic acids is 1. The number of thiazole rings is 1. The molecule has 4 rings (SSSR count). The average molecular weight is 392 g/mol. The van der Waals surface area contributed by atoms with E-state index in [2.05, 4.69) is 20.3 Å². The Morgan fingerprint density at radius 1 is 1.25 bits per heavy atom. The van der Waals surface area contributed by atoms with Gasteiger partial charge in [-0.3, -0.25) is 4.79 Å². The van der Waals surface area contributed by atoms with Crippen LogP contribution in [0.3, 0.4) is 0 Å². The van der Waals surface area contributed by atoms with Gasteiger partial charge >= 0.3 is 0 Å². The highest BCUT2D eigenvalue weighted by Gasteiger charge is 2.29. The van der Waals surface area contributed by atoms with E-state index in [1.54, 1.807) is 12.6 Å². The van der Waals surface area contributed by atoms with Crippen molar-refractivity contribution in [2.75, 3.05) is 12.4 Å². The summed E-state index contributed by atoms with van der Waals surface area (Å²) in [6.07, 6.45) is 0.207. The number of imidazole rings is 1. The van der Waals surface area contributed by atoms with Crippen molar-refractivity contribution in [1.82, 2.24) is 15.0 Å². The third-order valence-corrected chi connectivity index (χ3v) is 5.36. The molecule has 0 aliphatic carbocycles. The van der Waals surface area contributed by atoms with Gasteiger partial charge in [-0.1, -0.05) is 30.3 Å². The molecular formula is C21H20N4O2S. The Kier molecular flexibility index (Phi) is 4.93. The average Bonchev–Trinajstić information content (AvgIpc) is 3.37. The van der Waals surface area contributed by atoms with Crippen LogP contribution in [0.4, 0.5) is 5.69 Å². The predicted molar refractivity (Wildman–Crippen MR) is 111 cm³/mol. The Labute approximate surface area is 166 Å². The highest BCUT2D eigenvalue weighted by molar-refractivity contribution is 7.07. The normalized spacial score (nSPS) is 13.4. The van der Waals surface area contributed by atoms with Gasteiger partial charge in [-0.2, -0.15) is 0 Å². The monoisotopic (exact) mass is 392 g/mol. The van der Waals surface area contributed by atoms with Crippen molar-refractivity contribution in [3.8, 4) is 11.5 Å². The van der Waals surface area contributed by atoms with Crippen molar-refractivity contribution in [1.29, 1.82) is 0 Å². The van der Waals surface area contributed by atoms with E-state index in [1.165, 1.54) is 11.3 Å². The Morgan fingerprint density at radius 3 is 2.79 bits per heavy atom.